The second-order valence-electron chi connectivity index (χ2n) is 5.34. The van der Waals surface area contributed by atoms with Crippen molar-refractivity contribution in [1.82, 2.24) is 14.3 Å². The number of hydrogen-bond acceptors (Lipinski definition) is 3. The highest BCUT2D eigenvalue weighted by Gasteiger charge is 2.19. The Kier molecular flexibility index (Phi) is 4.85. The van der Waals surface area contributed by atoms with Gasteiger partial charge in [-0.25, -0.2) is 4.98 Å². The van der Waals surface area contributed by atoms with Crippen molar-refractivity contribution < 1.29 is 9.53 Å². The minimum Gasteiger partial charge on any atom is -0.497 e. The first kappa shape index (κ1) is 16.5. The van der Waals surface area contributed by atoms with Gasteiger partial charge in [-0.2, -0.15) is 0 Å². The molecule has 2 heterocycles. The molecule has 124 valence electrons. The average molecular weight is 388 g/mol. The molecule has 0 bridgehead atoms. The van der Waals surface area contributed by atoms with Gasteiger partial charge in [0.15, 0.2) is 0 Å². The SMILES string of the molecule is CCN(Cc1cnc2ccccn12)C(=O)c1cc(OC)ccc1Br. The second-order valence-corrected chi connectivity index (χ2v) is 6.20. The maximum atomic E-state index is 12.9. The molecule has 0 unspecified atom stereocenters. The molecule has 1 amide bonds. The van der Waals surface area contributed by atoms with Crippen molar-refractivity contribution >= 4 is 27.5 Å². The number of halogens is 1. The summed E-state index contributed by atoms with van der Waals surface area (Å²) in [7, 11) is 1.59. The highest BCUT2D eigenvalue weighted by atomic mass is 79.9. The zero-order chi connectivity index (χ0) is 17.1. The van der Waals surface area contributed by atoms with E-state index in [-0.39, 0.29) is 5.91 Å². The fraction of sp³-hybridized carbons (Fsp3) is 0.222. The predicted molar refractivity (Wildman–Crippen MR) is 96.3 cm³/mol. The molecular formula is C18H18BrN3O2. The number of imidazole rings is 1. The molecule has 0 N–H and O–H groups in total. The van der Waals surface area contributed by atoms with Crippen LogP contribution in [0.4, 0.5) is 0 Å². The number of carbonyl (C=O) groups is 1. The van der Waals surface area contributed by atoms with E-state index in [4.69, 9.17) is 4.74 Å². The number of methoxy groups -OCH3 is 1. The Bertz CT molecular complexity index is 876. The van der Waals surface area contributed by atoms with E-state index in [0.29, 0.717) is 24.4 Å². The van der Waals surface area contributed by atoms with Gasteiger partial charge in [0, 0.05) is 17.2 Å². The number of nitrogens with zero attached hydrogens (tertiary/aromatic N) is 3. The first-order valence-corrected chi connectivity index (χ1v) is 8.47. The fourth-order valence-corrected chi connectivity index (χ4v) is 3.01. The third kappa shape index (κ3) is 3.14. The van der Waals surface area contributed by atoms with Crippen molar-refractivity contribution in [3.8, 4) is 5.75 Å². The van der Waals surface area contributed by atoms with Gasteiger partial charge in [0.2, 0.25) is 0 Å². The van der Waals surface area contributed by atoms with Crippen LogP contribution in [0.1, 0.15) is 23.0 Å². The van der Waals surface area contributed by atoms with Gasteiger partial charge in [0.1, 0.15) is 11.4 Å². The minimum atomic E-state index is -0.0471. The number of hydrogen-bond donors (Lipinski definition) is 0. The molecule has 0 spiro atoms. The zero-order valence-corrected chi connectivity index (χ0v) is 15.2. The number of amides is 1. The lowest BCUT2D eigenvalue weighted by atomic mass is 10.2. The molecule has 0 saturated heterocycles. The lowest BCUT2D eigenvalue weighted by Crippen LogP contribution is -2.31. The molecule has 0 fully saturated rings. The number of benzene rings is 1. The number of ether oxygens (including phenoxy) is 1. The first-order chi connectivity index (χ1) is 11.6. The largest absolute Gasteiger partial charge is 0.497 e. The third-order valence-electron chi connectivity index (χ3n) is 3.92. The van der Waals surface area contributed by atoms with Gasteiger partial charge < -0.3 is 14.0 Å². The first-order valence-electron chi connectivity index (χ1n) is 7.67. The van der Waals surface area contributed by atoms with E-state index >= 15 is 0 Å². The lowest BCUT2D eigenvalue weighted by Gasteiger charge is -2.21. The normalized spacial score (nSPS) is 10.8. The number of carbonyl (C=O) groups excluding carboxylic acids is 1. The molecular weight excluding hydrogens is 370 g/mol. The summed E-state index contributed by atoms with van der Waals surface area (Å²) in [5.41, 5.74) is 2.43. The molecule has 0 aliphatic heterocycles. The molecule has 6 heteroatoms. The van der Waals surface area contributed by atoms with E-state index in [2.05, 4.69) is 20.9 Å². The third-order valence-corrected chi connectivity index (χ3v) is 4.61. The van der Waals surface area contributed by atoms with Crippen LogP contribution in [0.2, 0.25) is 0 Å². The Balaban J connectivity index is 1.90. The van der Waals surface area contributed by atoms with Gasteiger partial charge in [0.05, 0.1) is 31.1 Å². The van der Waals surface area contributed by atoms with Crippen molar-refractivity contribution in [1.29, 1.82) is 0 Å². The van der Waals surface area contributed by atoms with Gasteiger partial charge >= 0.3 is 0 Å². The fourth-order valence-electron chi connectivity index (χ4n) is 2.59. The van der Waals surface area contributed by atoms with Gasteiger partial charge in [-0.15, -0.1) is 0 Å². The van der Waals surface area contributed by atoms with Crippen LogP contribution >= 0.6 is 15.9 Å². The lowest BCUT2D eigenvalue weighted by molar-refractivity contribution is 0.0749. The zero-order valence-electron chi connectivity index (χ0n) is 13.6. The van der Waals surface area contributed by atoms with Crippen molar-refractivity contribution in [2.75, 3.05) is 13.7 Å². The number of pyridine rings is 1. The summed E-state index contributed by atoms with van der Waals surface area (Å²) in [5, 5.41) is 0. The Labute approximate surface area is 149 Å². The summed E-state index contributed by atoms with van der Waals surface area (Å²) >= 11 is 3.45. The van der Waals surface area contributed by atoms with Crippen LogP contribution in [0.5, 0.6) is 5.75 Å². The summed E-state index contributed by atoms with van der Waals surface area (Å²) in [6.07, 6.45) is 3.77. The summed E-state index contributed by atoms with van der Waals surface area (Å²) in [4.78, 5) is 19.1. The molecule has 24 heavy (non-hydrogen) atoms. The Hall–Kier alpha value is -2.34. The maximum absolute atomic E-state index is 12.9. The topological polar surface area (TPSA) is 46.8 Å². The highest BCUT2D eigenvalue weighted by molar-refractivity contribution is 9.10. The van der Waals surface area contributed by atoms with Crippen LogP contribution in [0.3, 0.4) is 0 Å². The van der Waals surface area contributed by atoms with E-state index in [9.17, 15) is 4.79 Å². The van der Waals surface area contributed by atoms with E-state index in [1.807, 2.05) is 54.0 Å². The second kappa shape index (κ2) is 7.05. The Morgan fingerprint density at radius 2 is 2.17 bits per heavy atom. The van der Waals surface area contributed by atoms with Crippen LogP contribution < -0.4 is 4.74 Å². The number of aromatic nitrogens is 2. The predicted octanol–water partition coefficient (Wildman–Crippen LogP) is 3.77. The van der Waals surface area contributed by atoms with Crippen LogP contribution in [-0.2, 0) is 6.54 Å². The standard InChI is InChI=1S/C18H18BrN3O2/c1-3-21(12-13-11-20-17-6-4-5-9-22(13)17)18(23)15-10-14(24-2)7-8-16(15)19/h4-11H,3,12H2,1-2H3. The van der Waals surface area contributed by atoms with E-state index < -0.39 is 0 Å². The molecule has 0 saturated carbocycles. The molecule has 0 aliphatic carbocycles. The maximum Gasteiger partial charge on any atom is 0.255 e. The minimum absolute atomic E-state index is 0.0471. The monoisotopic (exact) mass is 387 g/mol. The molecule has 5 nitrogen and oxygen atoms in total. The van der Waals surface area contributed by atoms with Crippen molar-refractivity contribution in [2.24, 2.45) is 0 Å². The summed E-state index contributed by atoms with van der Waals surface area (Å²) < 4.78 is 7.98. The quantitative estimate of drug-likeness (QED) is 0.669. The molecule has 0 aliphatic rings. The molecule has 3 rings (SSSR count). The van der Waals surface area contributed by atoms with E-state index in [0.717, 1.165) is 15.8 Å². The van der Waals surface area contributed by atoms with Crippen molar-refractivity contribution in [3.63, 3.8) is 0 Å². The van der Waals surface area contributed by atoms with Crippen LogP contribution in [0.25, 0.3) is 5.65 Å². The summed E-state index contributed by atoms with van der Waals surface area (Å²) in [6.45, 7) is 3.06. The molecule has 2 aromatic heterocycles. The van der Waals surface area contributed by atoms with E-state index in [1.165, 1.54) is 0 Å². The van der Waals surface area contributed by atoms with Crippen molar-refractivity contribution in [3.05, 3.63) is 64.5 Å². The van der Waals surface area contributed by atoms with Crippen LogP contribution in [0, 0.1) is 0 Å². The Morgan fingerprint density at radius 3 is 2.92 bits per heavy atom. The Morgan fingerprint density at radius 1 is 1.33 bits per heavy atom. The average Bonchev–Trinajstić information content (AvgIpc) is 3.02. The van der Waals surface area contributed by atoms with Gasteiger partial charge in [-0.1, -0.05) is 6.07 Å². The van der Waals surface area contributed by atoms with Gasteiger partial charge in [-0.3, -0.25) is 4.79 Å². The molecule has 0 atom stereocenters. The van der Waals surface area contributed by atoms with Crippen LogP contribution in [0.15, 0.2) is 53.3 Å². The smallest absolute Gasteiger partial charge is 0.255 e. The van der Waals surface area contributed by atoms with Gasteiger partial charge in [-0.05, 0) is 53.2 Å². The molecule has 3 aromatic rings. The molecule has 1 aromatic carbocycles. The highest BCUT2D eigenvalue weighted by Crippen LogP contribution is 2.24. The van der Waals surface area contributed by atoms with E-state index in [1.54, 1.807) is 18.1 Å². The van der Waals surface area contributed by atoms with Gasteiger partial charge in [0.25, 0.3) is 5.91 Å². The molecule has 0 radical (unpaired) electrons. The number of fused-ring (bicyclic) bond motifs is 1. The van der Waals surface area contributed by atoms with Crippen molar-refractivity contribution in [2.45, 2.75) is 13.5 Å². The summed E-state index contributed by atoms with van der Waals surface area (Å²) in [5.74, 6) is 0.613. The summed E-state index contributed by atoms with van der Waals surface area (Å²) in [6, 6.07) is 11.2. The number of rotatable bonds is 5. The van der Waals surface area contributed by atoms with Crippen LogP contribution in [-0.4, -0.2) is 33.8 Å².